The number of rotatable bonds is 7. The largest absolute Gasteiger partial charge is 0.483 e. The van der Waals surface area contributed by atoms with E-state index >= 15 is 0 Å². The lowest BCUT2D eigenvalue weighted by Gasteiger charge is -2.37. The van der Waals surface area contributed by atoms with Crippen LogP contribution in [0.15, 0.2) is 53.1 Å². The quantitative estimate of drug-likeness (QED) is 0.498. The predicted molar refractivity (Wildman–Crippen MR) is 126 cm³/mol. The molecule has 0 spiro atoms. The van der Waals surface area contributed by atoms with Crippen LogP contribution in [0.2, 0.25) is 0 Å². The summed E-state index contributed by atoms with van der Waals surface area (Å²) >= 11 is 0. The number of aromatic nitrogens is 2. The monoisotopic (exact) mass is 449 g/mol. The summed E-state index contributed by atoms with van der Waals surface area (Å²) in [6.07, 6.45) is 4.50. The topological polar surface area (TPSA) is 96.5 Å². The summed E-state index contributed by atoms with van der Waals surface area (Å²) in [7, 11) is 0. The molecule has 7 heteroatoms. The third-order valence-electron chi connectivity index (χ3n) is 5.76. The van der Waals surface area contributed by atoms with E-state index in [9.17, 15) is 4.79 Å². The maximum Gasteiger partial charge on any atom is 0.290 e. The Kier molecular flexibility index (Phi) is 8.35. The van der Waals surface area contributed by atoms with Gasteiger partial charge in [-0.25, -0.2) is 0 Å². The molecule has 1 heterocycles. The van der Waals surface area contributed by atoms with E-state index in [0.29, 0.717) is 30.2 Å². The lowest BCUT2D eigenvalue weighted by Crippen LogP contribution is -2.42. The molecule has 33 heavy (non-hydrogen) atoms. The van der Waals surface area contributed by atoms with Crippen LogP contribution in [-0.4, -0.2) is 38.6 Å². The smallest absolute Gasteiger partial charge is 0.290 e. The van der Waals surface area contributed by atoms with E-state index < -0.39 is 0 Å². The molecule has 3 aromatic rings. The minimum absolute atomic E-state index is 0.144. The van der Waals surface area contributed by atoms with Gasteiger partial charge >= 0.3 is 0 Å². The highest BCUT2D eigenvalue weighted by atomic mass is 16.5. The normalized spacial score (nSPS) is 13.1. The molecule has 1 N–H and O–H groups in total. The van der Waals surface area contributed by atoms with Crippen LogP contribution >= 0.6 is 0 Å². The first-order valence-electron chi connectivity index (χ1n) is 11.3. The molecule has 1 fully saturated rings. The van der Waals surface area contributed by atoms with E-state index in [-0.39, 0.29) is 12.4 Å². The summed E-state index contributed by atoms with van der Waals surface area (Å²) in [4.78, 5) is 26.9. The van der Waals surface area contributed by atoms with Crippen LogP contribution < -0.4 is 0 Å². The van der Waals surface area contributed by atoms with Crippen molar-refractivity contribution in [3.8, 4) is 22.8 Å². The molecule has 1 aliphatic rings. The highest BCUT2D eigenvalue weighted by molar-refractivity contribution is 5.73. The van der Waals surface area contributed by atoms with Gasteiger partial charge in [0, 0.05) is 30.6 Å². The zero-order valence-electron chi connectivity index (χ0n) is 19.4. The Morgan fingerprint density at radius 2 is 1.67 bits per heavy atom. The minimum atomic E-state index is -0.250. The van der Waals surface area contributed by atoms with Crippen LogP contribution in [0.3, 0.4) is 0 Å². The number of hydrogen-bond acceptors (Lipinski definition) is 5. The van der Waals surface area contributed by atoms with Crippen molar-refractivity contribution in [3.63, 3.8) is 0 Å². The van der Waals surface area contributed by atoms with E-state index in [0.717, 1.165) is 36.0 Å². The fraction of sp³-hybridized carbons (Fsp3) is 0.385. The van der Waals surface area contributed by atoms with Crippen LogP contribution in [0.5, 0.6) is 0 Å². The van der Waals surface area contributed by atoms with E-state index in [1.807, 2.05) is 41.3 Å². The summed E-state index contributed by atoms with van der Waals surface area (Å²) in [6.45, 7) is 6.49. The maximum atomic E-state index is 12.0. The van der Waals surface area contributed by atoms with Gasteiger partial charge in [-0.05, 0) is 54.9 Å². The molecule has 2 aromatic carbocycles. The van der Waals surface area contributed by atoms with E-state index in [2.05, 4.69) is 36.1 Å². The van der Waals surface area contributed by atoms with Gasteiger partial charge in [-0.15, -0.1) is 0 Å². The van der Waals surface area contributed by atoms with E-state index in [1.165, 1.54) is 12.0 Å². The Balaban J connectivity index is 0.000000968. The van der Waals surface area contributed by atoms with Gasteiger partial charge in [0.2, 0.25) is 11.7 Å². The predicted octanol–water partition coefficient (Wildman–Crippen LogP) is 5.20. The Hall–Kier alpha value is -3.48. The second kappa shape index (κ2) is 11.4. The van der Waals surface area contributed by atoms with Crippen LogP contribution in [0, 0.1) is 5.92 Å². The van der Waals surface area contributed by atoms with Crippen LogP contribution in [-0.2, 0) is 22.6 Å². The Morgan fingerprint density at radius 1 is 1.09 bits per heavy atom. The van der Waals surface area contributed by atoms with Crippen molar-refractivity contribution in [1.29, 1.82) is 0 Å². The number of carbonyl (C=O) groups is 2. The molecule has 1 aromatic heterocycles. The number of nitrogens with zero attached hydrogens (tertiary/aromatic N) is 3. The molecule has 4 rings (SSSR count). The summed E-state index contributed by atoms with van der Waals surface area (Å²) in [5.74, 6) is 1.87. The summed E-state index contributed by atoms with van der Waals surface area (Å²) in [5.41, 5.74) is 4.26. The van der Waals surface area contributed by atoms with Gasteiger partial charge in [0.05, 0.1) is 0 Å². The van der Waals surface area contributed by atoms with Crippen LogP contribution in [0.4, 0.5) is 0 Å². The average molecular weight is 450 g/mol. The fourth-order valence-electron chi connectivity index (χ4n) is 3.86. The van der Waals surface area contributed by atoms with E-state index in [4.69, 9.17) is 14.4 Å². The van der Waals surface area contributed by atoms with Crippen molar-refractivity contribution >= 4 is 12.4 Å². The van der Waals surface area contributed by atoms with Gasteiger partial charge in [-0.3, -0.25) is 9.59 Å². The minimum Gasteiger partial charge on any atom is -0.483 e. The second-order valence-electron chi connectivity index (χ2n) is 8.75. The summed E-state index contributed by atoms with van der Waals surface area (Å²) in [5, 5.41) is 11.0. The van der Waals surface area contributed by atoms with Crippen molar-refractivity contribution < 1.29 is 19.2 Å². The average Bonchev–Trinajstić information content (AvgIpc) is 3.23. The SMILES string of the molecule is CC(=O)N(Cc1ccc(-c2noc(-c3ccc(CC(C)C)cc3)n2)cc1)C1CCC1.O=CO. The van der Waals surface area contributed by atoms with Crippen LogP contribution in [0.1, 0.15) is 51.2 Å². The number of hydrogen-bond donors (Lipinski definition) is 1. The highest BCUT2D eigenvalue weighted by Gasteiger charge is 2.26. The lowest BCUT2D eigenvalue weighted by molar-refractivity contribution is -0.133. The third kappa shape index (κ3) is 6.51. The van der Waals surface area contributed by atoms with Gasteiger partial charge < -0.3 is 14.5 Å². The Bertz CT molecular complexity index is 1040. The summed E-state index contributed by atoms with van der Waals surface area (Å²) in [6, 6.07) is 16.8. The van der Waals surface area contributed by atoms with Crippen LogP contribution in [0.25, 0.3) is 22.8 Å². The first-order valence-corrected chi connectivity index (χ1v) is 11.3. The molecule has 0 saturated heterocycles. The highest BCUT2D eigenvalue weighted by Crippen LogP contribution is 2.27. The number of carbonyl (C=O) groups excluding carboxylic acids is 1. The molecule has 0 radical (unpaired) electrons. The van der Waals surface area contributed by atoms with Gasteiger partial charge in [0.15, 0.2) is 0 Å². The number of carboxylic acid groups (broad SMARTS) is 1. The standard InChI is InChI=1S/C25H29N3O2.CH2O2/c1-17(2)15-19-7-13-22(14-8-19)25-26-24(27-30-25)21-11-9-20(10-12-21)16-28(18(3)29)23-5-4-6-23;2-1-3/h7-14,17,23H,4-6,15-16H2,1-3H3;1H,(H,2,3). The molecular formula is C26H31N3O4. The molecule has 1 amide bonds. The Labute approximate surface area is 194 Å². The molecule has 0 bridgehead atoms. The van der Waals surface area contributed by atoms with E-state index in [1.54, 1.807) is 6.92 Å². The van der Waals surface area contributed by atoms with Gasteiger partial charge in [-0.2, -0.15) is 4.98 Å². The second-order valence-corrected chi connectivity index (χ2v) is 8.75. The first-order chi connectivity index (χ1) is 15.9. The van der Waals surface area contributed by atoms with Crippen molar-refractivity contribution in [2.45, 2.75) is 59.0 Å². The fourth-order valence-corrected chi connectivity index (χ4v) is 3.86. The molecule has 1 aliphatic carbocycles. The molecule has 7 nitrogen and oxygen atoms in total. The number of amides is 1. The van der Waals surface area contributed by atoms with Gasteiger partial charge in [0.25, 0.3) is 12.4 Å². The molecule has 0 aliphatic heterocycles. The summed E-state index contributed by atoms with van der Waals surface area (Å²) < 4.78 is 5.49. The van der Waals surface area contributed by atoms with Gasteiger partial charge in [0.1, 0.15) is 0 Å². The maximum absolute atomic E-state index is 12.0. The zero-order chi connectivity index (χ0) is 23.8. The first kappa shape index (κ1) is 24.2. The van der Waals surface area contributed by atoms with Crippen molar-refractivity contribution in [2.75, 3.05) is 0 Å². The molecule has 1 saturated carbocycles. The molecule has 0 unspecified atom stereocenters. The molecule has 174 valence electrons. The van der Waals surface area contributed by atoms with Crippen molar-refractivity contribution in [1.82, 2.24) is 15.0 Å². The zero-order valence-corrected chi connectivity index (χ0v) is 19.4. The van der Waals surface area contributed by atoms with Crippen molar-refractivity contribution in [2.24, 2.45) is 5.92 Å². The lowest BCUT2D eigenvalue weighted by atomic mass is 9.91. The number of benzene rings is 2. The molecular weight excluding hydrogens is 418 g/mol. The third-order valence-corrected chi connectivity index (χ3v) is 5.76. The Morgan fingerprint density at radius 3 is 2.18 bits per heavy atom. The molecule has 0 atom stereocenters. The van der Waals surface area contributed by atoms with Crippen molar-refractivity contribution in [3.05, 3.63) is 59.7 Å². The van der Waals surface area contributed by atoms with Gasteiger partial charge in [-0.1, -0.05) is 55.4 Å².